The van der Waals surface area contributed by atoms with Gasteiger partial charge >= 0.3 is 5.97 Å². The fraction of sp³-hybridized carbons (Fsp3) is 0.278. The van der Waals surface area contributed by atoms with E-state index < -0.39 is 48.0 Å². The lowest BCUT2D eigenvalue weighted by molar-refractivity contribution is -0.172. The molecule has 1 aromatic rings. The Morgan fingerprint density at radius 1 is 0.923 bits per heavy atom. The van der Waals surface area contributed by atoms with Crippen molar-refractivity contribution in [2.24, 2.45) is 11.8 Å². The molecule has 8 nitrogen and oxygen atoms in total. The van der Waals surface area contributed by atoms with Gasteiger partial charge in [-0.3, -0.25) is 24.1 Å². The molecule has 0 unspecified atom stereocenters. The molecule has 4 amide bonds. The van der Waals surface area contributed by atoms with Gasteiger partial charge in [0.15, 0.2) is 0 Å². The molecule has 0 radical (unpaired) electrons. The second kappa shape index (κ2) is 5.91. The number of carbonyl (C=O) groups excluding carboxylic acids is 5. The van der Waals surface area contributed by atoms with Gasteiger partial charge in [0.25, 0.3) is 11.8 Å². The molecule has 2 atom stereocenters. The highest BCUT2D eigenvalue weighted by molar-refractivity contribution is 6.21. The van der Waals surface area contributed by atoms with Crippen LogP contribution in [-0.4, -0.2) is 46.1 Å². The van der Waals surface area contributed by atoms with Crippen LogP contribution in [0.3, 0.4) is 0 Å². The Hall–Kier alpha value is -3.29. The van der Waals surface area contributed by atoms with Crippen molar-refractivity contribution < 1.29 is 28.8 Å². The number of imide groups is 2. The highest BCUT2D eigenvalue weighted by atomic mass is 16.7. The summed E-state index contributed by atoms with van der Waals surface area (Å²) in [6.07, 6.45) is 4.60. The quantitative estimate of drug-likeness (QED) is 0.585. The number of fused-ring (bicyclic) bond motifs is 2. The van der Waals surface area contributed by atoms with E-state index in [9.17, 15) is 24.0 Å². The van der Waals surface area contributed by atoms with Crippen LogP contribution in [0.2, 0.25) is 0 Å². The summed E-state index contributed by atoms with van der Waals surface area (Å²) in [7, 11) is 0. The summed E-state index contributed by atoms with van der Waals surface area (Å²) in [4.78, 5) is 66.9. The van der Waals surface area contributed by atoms with Gasteiger partial charge in [0.2, 0.25) is 11.8 Å². The predicted octanol–water partition coefficient (Wildman–Crippen LogP) is 0.692. The molecule has 0 saturated carbocycles. The van der Waals surface area contributed by atoms with E-state index >= 15 is 0 Å². The maximum absolute atomic E-state index is 12.3. The van der Waals surface area contributed by atoms with E-state index in [1.807, 2.05) is 12.2 Å². The number of nitrogens with zero attached hydrogens (tertiary/aromatic N) is 2. The third-order valence-electron chi connectivity index (χ3n) is 4.84. The molecule has 2 heterocycles. The van der Waals surface area contributed by atoms with Gasteiger partial charge in [-0.1, -0.05) is 29.3 Å². The number of amides is 4. The molecule has 0 aromatic heterocycles. The number of benzene rings is 1. The second-order valence-corrected chi connectivity index (χ2v) is 6.33. The lowest BCUT2D eigenvalue weighted by atomic mass is 9.85. The number of rotatable bonds is 3. The van der Waals surface area contributed by atoms with Crippen molar-refractivity contribution in [2.75, 3.05) is 6.54 Å². The van der Waals surface area contributed by atoms with Crippen LogP contribution in [0.4, 0.5) is 0 Å². The molecule has 1 fully saturated rings. The normalized spacial score (nSPS) is 24.2. The van der Waals surface area contributed by atoms with Crippen molar-refractivity contribution in [3.05, 3.63) is 47.5 Å². The van der Waals surface area contributed by atoms with Crippen molar-refractivity contribution in [3.63, 3.8) is 0 Å². The third-order valence-corrected chi connectivity index (χ3v) is 4.84. The Morgan fingerprint density at radius 3 is 1.92 bits per heavy atom. The first-order chi connectivity index (χ1) is 12.5. The molecular formula is C18H14N2O6. The van der Waals surface area contributed by atoms with Gasteiger partial charge in [-0.25, -0.2) is 4.79 Å². The zero-order valence-corrected chi connectivity index (χ0v) is 13.6. The number of likely N-dealkylation sites (tertiary alicyclic amines) is 1. The van der Waals surface area contributed by atoms with Crippen molar-refractivity contribution >= 4 is 29.6 Å². The number of allylic oxidation sites excluding steroid dienone is 2. The summed E-state index contributed by atoms with van der Waals surface area (Å²) >= 11 is 0. The van der Waals surface area contributed by atoms with Gasteiger partial charge in [0.05, 0.1) is 23.0 Å². The van der Waals surface area contributed by atoms with Gasteiger partial charge in [0, 0.05) is 0 Å². The number of carbonyl (C=O) groups is 5. The lowest BCUT2D eigenvalue weighted by Crippen LogP contribution is -2.40. The minimum Gasteiger partial charge on any atom is -0.328 e. The van der Waals surface area contributed by atoms with Crippen LogP contribution < -0.4 is 0 Å². The molecule has 0 N–H and O–H groups in total. The molecule has 26 heavy (non-hydrogen) atoms. The predicted molar refractivity (Wildman–Crippen MR) is 85.1 cm³/mol. The molecule has 132 valence electrons. The largest absolute Gasteiger partial charge is 0.352 e. The summed E-state index contributed by atoms with van der Waals surface area (Å²) in [6, 6.07) is 6.09. The maximum Gasteiger partial charge on any atom is 0.352 e. The van der Waals surface area contributed by atoms with Crippen LogP contribution >= 0.6 is 0 Å². The van der Waals surface area contributed by atoms with E-state index in [0.29, 0.717) is 17.9 Å². The highest BCUT2D eigenvalue weighted by Gasteiger charge is 2.48. The maximum atomic E-state index is 12.3. The minimum atomic E-state index is -1.02. The number of hydrogen-bond acceptors (Lipinski definition) is 6. The smallest absolute Gasteiger partial charge is 0.328 e. The molecule has 1 aromatic carbocycles. The summed E-state index contributed by atoms with van der Waals surface area (Å²) in [6.45, 7) is -0.627. The van der Waals surface area contributed by atoms with Crippen LogP contribution in [0.25, 0.3) is 0 Å². The fourth-order valence-electron chi connectivity index (χ4n) is 3.53. The number of hydroxylamine groups is 2. The summed E-state index contributed by atoms with van der Waals surface area (Å²) < 4.78 is 0. The Kier molecular flexibility index (Phi) is 3.68. The second-order valence-electron chi connectivity index (χ2n) is 6.33. The van der Waals surface area contributed by atoms with E-state index in [2.05, 4.69) is 0 Å². The van der Waals surface area contributed by atoms with Crippen molar-refractivity contribution in [3.8, 4) is 0 Å². The van der Waals surface area contributed by atoms with Crippen LogP contribution in [-0.2, 0) is 19.2 Å². The Balaban J connectivity index is 1.46. The number of hydrogen-bond donors (Lipinski definition) is 0. The lowest BCUT2D eigenvalue weighted by Gasteiger charge is -2.16. The SMILES string of the molecule is O=C(CN1C(=O)[C@H]2CC=CC[C@H]2C1=O)ON1C(=O)c2ccccc2C1=O. The highest BCUT2D eigenvalue weighted by Crippen LogP contribution is 2.35. The third kappa shape index (κ3) is 2.33. The van der Waals surface area contributed by atoms with Gasteiger partial charge in [-0.2, -0.15) is 0 Å². The topological polar surface area (TPSA) is 101 Å². The van der Waals surface area contributed by atoms with Gasteiger partial charge in [-0.05, 0) is 25.0 Å². The van der Waals surface area contributed by atoms with Crippen LogP contribution in [0.15, 0.2) is 36.4 Å². The van der Waals surface area contributed by atoms with E-state index in [0.717, 1.165) is 4.90 Å². The molecule has 8 heteroatoms. The Bertz CT molecular complexity index is 828. The Morgan fingerprint density at radius 2 is 1.42 bits per heavy atom. The zero-order chi connectivity index (χ0) is 18.4. The Labute approximate surface area is 147 Å². The van der Waals surface area contributed by atoms with Crippen LogP contribution in [0, 0.1) is 11.8 Å². The summed E-state index contributed by atoms with van der Waals surface area (Å²) in [5, 5.41) is 0.368. The molecule has 0 spiro atoms. The molecule has 4 rings (SSSR count). The standard InChI is InChI=1S/C18H14N2O6/c21-14(9-19-15(22)10-5-1-2-6-11(10)16(19)23)26-20-17(24)12-7-3-4-8-13(12)18(20)25/h1-4,7-8,10-11H,5-6,9H2/t10-,11+. The average Bonchev–Trinajstić information content (AvgIpc) is 3.03. The molecule has 0 bridgehead atoms. The first-order valence-electron chi connectivity index (χ1n) is 8.18. The van der Waals surface area contributed by atoms with Crippen molar-refractivity contribution in [2.45, 2.75) is 12.8 Å². The molecular weight excluding hydrogens is 340 g/mol. The van der Waals surface area contributed by atoms with E-state index in [4.69, 9.17) is 4.84 Å². The summed E-state index contributed by atoms with van der Waals surface area (Å²) in [5.41, 5.74) is 0.270. The molecule has 1 aliphatic carbocycles. The van der Waals surface area contributed by atoms with Crippen molar-refractivity contribution in [1.29, 1.82) is 0 Å². The van der Waals surface area contributed by atoms with Crippen LogP contribution in [0.1, 0.15) is 33.6 Å². The average molecular weight is 354 g/mol. The minimum absolute atomic E-state index is 0.135. The van der Waals surface area contributed by atoms with E-state index in [1.54, 1.807) is 12.1 Å². The molecule has 2 aliphatic heterocycles. The first kappa shape index (κ1) is 16.2. The van der Waals surface area contributed by atoms with E-state index in [-0.39, 0.29) is 11.1 Å². The summed E-state index contributed by atoms with van der Waals surface area (Å²) in [5.74, 6) is -4.30. The van der Waals surface area contributed by atoms with Crippen molar-refractivity contribution in [1.82, 2.24) is 9.96 Å². The fourth-order valence-corrected chi connectivity index (χ4v) is 3.53. The van der Waals surface area contributed by atoms with Gasteiger partial charge < -0.3 is 4.84 Å². The zero-order valence-electron chi connectivity index (χ0n) is 13.6. The van der Waals surface area contributed by atoms with Gasteiger partial charge in [0.1, 0.15) is 6.54 Å². The van der Waals surface area contributed by atoms with Crippen LogP contribution in [0.5, 0.6) is 0 Å². The van der Waals surface area contributed by atoms with Gasteiger partial charge in [-0.15, -0.1) is 0 Å². The molecule has 3 aliphatic rings. The first-order valence-corrected chi connectivity index (χ1v) is 8.18. The molecule has 1 saturated heterocycles. The van der Waals surface area contributed by atoms with E-state index in [1.165, 1.54) is 12.1 Å². The monoisotopic (exact) mass is 354 g/mol.